The van der Waals surface area contributed by atoms with Crippen LogP contribution in [0, 0.1) is 13.8 Å². The maximum absolute atomic E-state index is 13.4. The number of aromatic nitrogens is 1. The van der Waals surface area contributed by atoms with Crippen LogP contribution >= 0.6 is 11.9 Å². The van der Waals surface area contributed by atoms with Crippen molar-refractivity contribution in [3.63, 3.8) is 0 Å². The van der Waals surface area contributed by atoms with Crippen LogP contribution in [0.1, 0.15) is 71.2 Å². The Morgan fingerprint density at radius 2 is 1.67 bits per heavy atom. The summed E-state index contributed by atoms with van der Waals surface area (Å²) in [7, 11) is 1.63. The standard InChI is InChI=1S/C27H36N6O5S/c1-15-12-28-19(16(2)22(15)36-9)13-32-29-18-11-10-17-14-39-31-23(21(30-32)20(17)18)33(24(34)37-26(3,4)5)25(35)38-27(6,7)8/h12H,10-11,13-14H2,1-9H3. The smallest absolute Gasteiger partial charge is 0.425 e. The van der Waals surface area contributed by atoms with Gasteiger partial charge in [0.1, 0.15) is 29.2 Å². The highest BCUT2D eigenvalue weighted by Gasteiger charge is 2.42. The number of hydrogen-bond donors (Lipinski definition) is 0. The van der Waals surface area contributed by atoms with Crippen LogP contribution in [0.5, 0.6) is 5.75 Å². The van der Waals surface area contributed by atoms with Crippen molar-refractivity contribution >= 4 is 41.4 Å². The van der Waals surface area contributed by atoms with Crippen LogP contribution in [0.25, 0.3) is 0 Å². The molecule has 1 aliphatic carbocycles. The minimum Gasteiger partial charge on any atom is -0.496 e. The Balaban J connectivity index is 1.78. The monoisotopic (exact) mass is 556 g/mol. The number of carbonyl (C=O) groups excluding carboxylic acids is 2. The van der Waals surface area contributed by atoms with Crippen LogP contribution in [0.2, 0.25) is 0 Å². The lowest BCUT2D eigenvalue weighted by atomic mass is 10.0. The molecule has 2 aliphatic heterocycles. The summed E-state index contributed by atoms with van der Waals surface area (Å²) in [5, 5.41) is 11.1. The molecule has 1 aromatic heterocycles. The first kappa shape index (κ1) is 28.6. The predicted octanol–water partition coefficient (Wildman–Crippen LogP) is 5.56. The zero-order valence-electron chi connectivity index (χ0n) is 24.0. The Labute approximate surface area is 233 Å². The van der Waals surface area contributed by atoms with Gasteiger partial charge in [0.15, 0.2) is 5.84 Å². The third-order valence-corrected chi connectivity index (χ3v) is 6.78. The molecule has 2 amide bonds. The molecule has 0 aromatic carbocycles. The SMILES string of the molecule is COc1c(C)cnc(CN2N=C3CCC4=C3C(=N2)C(N(C(=O)OC(C)(C)C)C(=O)OC(C)(C)C)=NSC4)c1C. The Kier molecular flexibility index (Phi) is 7.79. The van der Waals surface area contributed by atoms with Crippen molar-refractivity contribution in [3.8, 4) is 5.75 Å². The summed E-state index contributed by atoms with van der Waals surface area (Å²) in [5.74, 6) is 1.41. The quantitative estimate of drug-likeness (QED) is 0.444. The average Bonchev–Trinajstić information content (AvgIpc) is 3.11. The number of nitrogens with zero attached hydrogens (tertiary/aromatic N) is 6. The van der Waals surface area contributed by atoms with Gasteiger partial charge in [-0.2, -0.15) is 24.6 Å². The van der Waals surface area contributed by atoms with E-state index < -0.39 is 23.4 Å². The summed E-state index contributed by atoms with van der Waals surface area (Å²) in [6.07, 6.45) is 1.49. The molecule has 0 unspecified atom stereocenters. The highest BCUT2D eigenvalue weighted by Crippen LogP contribution is 2.36. The topological polar surface area (TPSA) is 118 Å². The Bertz CT molecular complexity index is 1290. The average molecular weight is 557 g/mol. The molecule has 0 bridgehead atoms. The fourth-order valence-electron chi connectivity index (χ4n) is 4.41. The van der Waals surface area contributed by atoms with E-state index in [4.69, 9.17) is 24.4 Å². The van der Waals surface area contributed by atoms with E-state index in [1.54, 1.807) is 54.8 Å². The van der Waals surface area contributed by atoms with Crippen molar-refractivity contribution in [2.75, 3.05) is 12.9 Å². The van der Waals surface area contributed by atoms with E-state index in [0.29, 0.717) is 11.5 Å². The molecule has 0 saturated heterocycles. The van der Waals surface area contributed by atoms with Gasteiger partial charge in [-0.1, -0.05) is 0 Å². The normalized spacial score (nSPS) is 17.1. The molecule has 4 rings (SSSR count). The lowest BCUT2D eigenvalue weighted by Crippen LogP contribution is -2.50. The van der Waals surface area contributed by atoms with Gasteiger partial charge in [-0.3, -0.25) is 4.98 Å². The van der Waals surface area contributed by atoms with Gasteiger partial charge in [0.25, 0.3) is 0 Å². The number of amidine groups is 1. The second-order valence-corrected chi connectivity index (χ2v) is 12.3. The molecule has 210 valence electrons. The number of carbonyl (C=O) groups is 2. The molecule has 39 heavy (non-hydrogen) atoms. The summed E-state index contributed by atoms with van der Waals surface area (Å²) in [5.41, 5.74) is 4.01. The molecule has 3 aliphatic rings. The zero-order valence-corrected chi connectivity index (χ0v) is 24.9. The molecule has 12 heteroatoms. The van der Waals surface area contributed by atoms with Crippen molar-refractivity contribution in [1.29, 1.82) is 0 Å². The van der Waals surface area contributed by atoms with Gasteiger partial charge in [0.05, 0.1) is 18.5 Å². The number of pyridine rings is 1. The maximum Gasteiger partial charge on any atom is 0.425 e. The molecule has 0 N–H and O–H groups in total. The van der Waals surface area contributed by atoms with Gasteiger partial charge >= 0.3 is 12.2 Å². The summed E-state index contributed by atoms with van der Waals surface area (Å²) in [6.45, 7) is 14.5. The highest BCUT2D eigenvalue weighted by atomic mass is 32.2. The Morgan fingerprint density at radius 1 is 1.03 bits per heavy atom. The molecule has 3 heterocycles. The number of imide groups is 1. The van der Waals surface area contributed by atoms with Crippen LogP contribution in [0.15, 0.2) is 31.9 Å². The third kappa shape index (κ3) is 6.26. The number of hydrazone groups is 2. The third-order valence-electron chi connectivity index (χ3n) is 6.00. The van der Waals surface area contributed by atoms with Gasteiger partial charge in [-0.15, -0.1) is 0 Å². The molecule has 0 atom stereocenters. The predicted molar refractivity (Wildman–Crippen MR) is 151 cm³/mol. The first-order chi connectivity index (χ1) is 18.2. The number of rotatable bonds is 3. The van der Waals surface area contributed by atoms with Crippen LogP contribution in [0.4, 0.5) is 9.59 Å². The van der Waals surface area contributed by atoms with Crippen LogP contribution in [-0.2, 0) is 16.0 Å². The molecule has 0 spiro atoms. The molecule has 0 fully saturated rings. The van der Waals surface area contributed by atoms with E-state index in [0.717, 1.165) is 57.2 Å². The van der Waals surface area contributed by atoms with Crippen molar-refractivity contribution in [2.45, 2.75) is 86.0 Å². The number of ether oxygens (including phenoxy) is 3. The number of aryl methyl sites for hydroxylation is 1. The van der Waals surface area contributed by atoms with E-state index in [-0.39, 0.29) is 12.4 Å². The largest absolute Gasteiger partial charge is 0.496 e. The van der Waals surface area contributed by atoms with Gasteiger partial charge in [-0.05, 0) is 85.8 Å². The van der Waals surface area contributed by atoms with E-state index in [2.05, 4.69) is 9.38 Å². The fraction of sp³-hybridized carbons (Fsp3) is 0.556. The minimum absolute atomic E-state index is 0.0546. The second-order valence-electron chi connectivity index (χ2n) is 11.5. The van der Waals surface area contributed by atoms with Gasteiger partial charge in [-0.25, -0.2) is 9.59 Å². The molecule has 1 aromatic rings. The second kappa shape index (κ2) is 10.6. The van der Waals surface area contributed by atoms with Gasteiger partial charge < -0.3 is 14.2 Å². The minimum atomic E-state index is -0.891. The van der Waals surface area contributed by atoms with Crippen LogP contribution in [0.3, 0.4) is 0 Å². The number of amides is 2. The van der Waals surface area contributed by atoms with E-state index in [1.165, 1.54) is 17.1 Å². The van der Waals surface area contributed by atoms with Crippen molar-refractivity contribution in [3.05, 3.63) is 34.2 Å². The zero-order chi connectivity index (χ0) is 28.7. The summed E-state index contributed by atoms with van der Waals surface area (Å²) >= 11 is 1.25. The summed E-state index contributed by atoms with van der Waals surface area (Å²) in [4.78, 5) is 32.3. The maximum atomic E-state index is 13.4. The summed E-state index contributed by atoms with van der Waals surface area (Å²) in [6, 6.07) is 0. The van der Waals surface area contributed by atoms with Crippen LogP contribution < -0.4 is 4.74 Å². The molecular weight excluding hydrogens is 520 g/mol. The lowest BCUT2D eigenvalue weighted by molar-refractivity contribution is 0.0151. The summed E-state index contributed by atoms with van der Waals surface area (Å²) < 4.78 is 21.4. The molecule has 0 saturated carbocycles. The highest BCUT2D eigenvalue weighted by molar-refractivity contribution is 7.98. The first-order valence-corrected chi connectivity index (χ1v) is 13.7. The lowest BCUT2D eigenvalue weighted by Gasteiger charge is -2.30. The van der Waals surface area contributed by atoms with E-state index in [1.807, 2.05) is 13.8 Å². The van der Waals surface area contributed by atoms with Crippen molar-refractivity contribution in [1.82, 2.24) is 15.0 Å². The number of methoxy groups -OCH3 is 1. The molecular formula is C27H36N6O5S. The molecule has 0 radical (unpaired) electrons. The van der Waals surface area contributed by atoms with Crippen molar-refractivity contribution in [2.24, 2.45) is 14.6 Å². The Morgan fingerprint density at radius 3 is 2.26 bits per heavy atom. The first-order valence-electron chi connectivity index (χ1n) is 12.8. The van der Waals surface area contributed by atoms with Gasteiger partial charge in [0.2, 0.25) is 0 Å². The number of hydrogen-bond acceptors (Lipinski definition) is 11. The molecule has 11 nitrogen and oxygen atoms in total. The van der Waals surface area contributed by atoms with Crippen molar-refractivity contribution < 1.29 is 23.8 Å². The van der Waals surface area contributed by atoms with Crippen LogP contribution in [-0.4, -0.2) is 68.5 Å². The van der Waals surface area contributed by atoms with E-state index >= 15 is 0 Å². The van der Waals surface area contributed by atoms with E-state index in [9.17, 15) is 9.59 Å². The fourth-order valence-corrected chi connectivity index (χ4v) is 5.21. The Hall–Kier alpha value is -3.41. The van der Waals surface area contributed by atoms with Gasteiger partial charge in [0, 0.05) is 28.6 Å².